The highest BCUT2D eigenvalue weighted by Crippen LogP contribution is 2.16. The van der Waals surface area contributed by atoms with Crippen LogP contribution in [-0.4, -0.2) is 23.9 Å². The molecule has 1 heterocycles. The van der Waals surface area contributed by atoms with Gasteiger partial charge in [0.15, 0.2) is 0 Å². The van der Waals surface area contributed by atoms with Crippen LogP contribution in [0.25, 0.3) is 0 Å². The summed E-state index contributed by atoms with van der Waals surface area (Å²) in [4.78, 5) is 14.1. The van der Waals surface area contributed by atoms with Gasteiger partial charge in [-0.2, -0.15) is 0 Å². The van der Waals surface area contributed by atoms with Gasteiger partial charge < -0.3 is 4.90 Å². The predicted octanol–water partition coefficient (Wildman–Crippen LogP) is 3.37. The summed E-state index contributed by atoms with van der Waals surface area (Å²) in [6.07, 6.45) is 4.15. The van der Waals surface area contributed by atoms with Crippen LogP contribution in [0.4, 0.5) is 0 Å². The van der Waals surface area contributed by atoms with Gasteiger partial charge in [-0.3, -0.25) is 4.79 Å². The van der Waals surface area contributed by atoms with Gasteiger partial charge in [0.2, 0.25) is 5.91 Å². The van der Waals surface area contributed by atoms with Gasteiger partial charge in [-0.25, -0.2) is 0 Å². The molecule has 0 radical (unpaired) electrons. The lowest BCUT2D eigenvalue weighted by atomic mass is 10.0. The average molecular weight is 245 g/mol. The SMILES string of the molecule is CC(C)c1ccc(CC(=O)N2CCCCC2)cc1. The van der Waals surface area contributed by atoms with Crippen molar-refractivity contribution < 1.29 is 4.79 Å². The van der Waals surface area contributed by atoms with E-state index in [4.69, 9.17) is 0 Å². The molecule has 98 valence electrons. The zero-order valence-electron chi connectivity index (χ0n) is 11.5. The Morgan fingerprint density at radius 1 is 1.11 bits per heavy atom. The number of carbonyl (C=O) groups excluding carboxylic acids is 1. The fourth-order valence-corrected chi connectivity index (χ4v) is 2.45. The maximum absolute atomic E-state index is 12.1. The van der Waals surface area contributed by atoms with E-state index in [1.165, 1.54) is 12.0 Å². The maximum Gasteiger partial charge on any atom is 0.226 e. The summed E-state index contributed by atoms with van der Waals surface area (Å²) < 4.78 is 0. The minimum atomic E-state index is 0.284. The Balaban J connectivity index is 1.94. The Bertz CT molecular complexity index is 388. The van der Waals surface area contributed by atoms with E-state index < -0.39 is 0 Å². The molecule has 0 N–H and O–H groups in total. The van der Waals surface area contributed by atoms with E-state index in [1.807, 2.05) is 4.90 Å². The van der Waals surface area contributed by atoms with Gasteiger partial charge in [-0.1, -0.05) is 38.1 Å². The number of hydrogen-bond donors (Lipinski definition) is 0. The van der Waals surface area contributed by atoms with E-state index in [1.54, 1.807) is 0 Å². The molecule has 0 spiro atoms. The lowest BCUT2D eigenvalue weighted by Crippen LogP contribution is -2.36. The van der Waals surface area contributed by atoms with Crippen LogP contribution >= 0.6 is 0 Å². The van der Waals surface area contributed by atoms with Gasteiger partial charge in [0.25, 0.3) is 0 Å². The second-order valence-electron chi connectivity index (χ2n) is 5.51. The summed E-state index contributed by atoms with van der Waals surface area (Å²) in [7, 11) is 0. The summed E-state index contributed by atoms with van der Waals surface area (Å²) in [6.45, 7) is 6.27. The lowest BCUT2D eigenvalue weighted by Gasteiger charge is -2.26. The number of benzene rings is 1. The number of likely N-dealkylation sites (tertiary alicyclic amines) is 1. The highest BCUT2D eigenvalue weighted by atomic mass is 16.2. The van der Waals surface area contributed by atoms with Crippen molar-refractivity contribution in [2.75, 3.05) is 13.1 Å². The molecule has 0 bridgehead atoms. The smallest absolute Gasteiger partial charge is 0.226 e. The molecule has 1 amide bonds. The molecule has 1 fully saturated rings. The van der Waals surface area contributed by atoms with Crippen molar-refractivity contribution in [2.24, 2.45) is 0 Å². The summed E-state index contributed by atoms with van der Waals surface area (Å²) in [5.41, 5.74) is 2.47. The van der Waals surface area contributed by atoms with E-state index in [2.05, 4.69) is 38.1 Å². The molecule has 0 unspecified atom stereocenters. The predicted molar refractivity (Wildman–Crippen MR) is 74.7 cm³/mol. The third kappa shape index (κ3) is 3.34. The molecule has 0 saturated carbocycles. The molecule has 1 aliphatic rings. The minimum absolute atomic E-state index is 0.284. The lowest BCUT2D eigenvalue weighted by molar-refractivity contribution is -0.131. The normalized spacial score (nSPS) is 16.1. The molecule has 2 rings (SSSR count). The number of hydrogen-bond acceptors (Lipinski definition) is 1. The van der Waals surface area contributed by atoms with Crippen LogP contribution in [0.1, 0.15) is 50.2 Å². The van der Waals surface area contributed by atoms with E-state index in [0.29, 0.717) is 12.3 Å². The van der Waals surface area contributed by atoms with E-state index in [-0.39, 0.29) is 5.91 Å². The van der Waals surface area contributed by atoms with Gasteiger partial charge >= 0.3 is 0 Å². The first kappa shape index (κ1) is 13.1. The van der Waals surface area contributed by atoms with Crippen LogP contribution in [0.2, 0.25) is 0 Å². The largest absolute Gasteiger partial charge is 0.342 e. The van der Waals surface area contributed by atoms with Gasteiger partial charge in [0, 0.05) is 13.1 Å². The van der Waals surface area contributed by atoms with Crippen molar-refractivity contribution >= 4 is 5.91 Å². The monoisotopic (exact) mass is 245 g/mol. The molecule has 1 aromatic carbocycles. The van der Waals surface area contributed by atoms with E-state index in [9.17, 15) is 4.79 Å². The van der Waals surface area contributed by atoms with Crippen molar-refractivity contribution in [2.45, 2.75) is 45.4 Å². The summed E-state index contributed by atoms with van der Waals surface area (Å²) in [5.74, 6) is 0.837. The summed E-state index contributed by atoms with van der Waals surface area (Å²) in [6, 6.07) is 8.47. The summed E-state index contributed by atoms with van der Waals surface area (Å²) in [5, 5.41) is 0. The Hall–Kier alpha value is -1.31. The van der Waals surface area contributed by atoms with Crippen LogP contribution in [-0.2, 0) is 11.2 Å². The molecule has 0 atom stereocenters. The number of nitrogens with zero attached hydrogens (tertiary/aromatic N) is 1. The Morgan fingerprint density at radius 2 is 1.72 bits per heavy atom. The highest BCUT2D eigenvalue weighted by molar-refractivity contribution is 5.78. The molecule has 18 heavy (non-hydrogen) atoms. The molecular weight excluding hydrogens is 222 g/mol. The van der Waals surface area contributed by atoms with Gasteiger partial charge in [0.05, 0.1) is 6.42 Å². The highest BCUT2D eigenvalue weighted by Gasteiger charge is 2.16. The molecule has 1 aromatic rings. The molecule has 2 nitrogen and oxygen atoms in total. The van der Waals surface area contributed by atoms with Crippen molar-refractivity contribution in [3.8, 4) is 0 Å². The van der Waals surface area contributed by atoms with E-state index >= 15 is 0 Å². The Labute approximate surface area is 110 Å². The van der Waals surface area contributed by atoms with Crippen LogP contribution < -0.4 is 0 Å². The molecule has 2 heteroatoms. The number of rotatable bonds is 3. The first-order valence-corrected chi connectivity index (χ1v) is 7.03. The minimum Gasteiger partial charge on any atom is -0.342 e. The van der Waals surface area contributed by atoms with Crippen LogP contribution in [0.5, 0.6) is 0 Å². The number of piperidine rings is 1. The van der Waals surface area contributed by atoms with Gasteiger partial charge in [-0.05, 0) is 36.3 Å². The molecular formula is C16H23NO. The second-order valence-corrected chi connectivity index (χ2v) is 5.51. The van der Waals surface area contributed by atoms with Crippen molar-refractivity contribution in [1.29, 1.82) is 0 Å². The topological polar surface area (TPSA) is 20.3 Å². The quantitative estimate of drug-likeness (QED) is 0.799. The van der Waals surface area contributed by atoms with Crippen LogP contribution in [0, 0.1) is 0 Å². The third-order valence-electron chi connectivity index (χ3n) is 3.71. The van der Waals surface area contributed by atoms with Gasteiger partial charge in [0.1, 0.15) is 0 Å². The average Bonchev–Trinajstić information content (AvgIpc) is 2.40. The second kappa shape index (κ2) is 6.03. The van der Waals surface area contributed by atoms with Crippen LogP contribution in [0.15, 0.2) is 24.3 Å². The maximum atomic E-state index is 12.1. The van der Waals surface area contributed by atoms with E-state index in [0.717, 1.165) is 31.5 Å². The Kier molecular flexibility index (Phi) is 4.40. The zero-order chi connectivity index (χ0) is 13.0. The fraction of sp³-hybridized carbons (Fsp3) is 0.562. The summed E-state index contributed by atoms with van der Waals surface area (Å²) >= 11 is 0. The number of carbonyl (C=O) groups is 1. The fourth-order valence-electron chi connectivity index (χ4n) is 2.45. The van der Waals surface area contributed by atoms with Crippen molar-refractivity contribution in [1.82, 2.24) is 4.90 Å². The Morgan fingerprint density at radius 3 is 2.28 bits per heavy atom. The first-order chi connectivity index (χ1) is 8.66. The molecule has 0 aliphatic carbocycles. The molecule has 1 aliphatic heterocycles. The van der Waals surface area contributed by atoms with Crippen molar-refractivity contribution in [3.63, 3.8) is 0 Å². The first-order valence-electron chi connectivity index (χ1n) is 7.03. The number of amides is 1. The van der Waals surface area contributed by atoms with Crippen molar-refractivity contribution in [3.05, 3.63) is 35.4 Å². The third-order valence-corrected chi connectivity index (χ3v) is 3.71. The zero-order valence-corrected chi connectivity index (χ0v) is 11.5. The standard InChI is InChI=1S/C16H23NO/c1-13(2)15-8-6-14(7-9-15)12-16(18)17-10-4-3-5-11-17/h6-9,13H,3-5,10-12H2,1-2H3. The molecule has 0 aromatic heterocycles. The molecule has 1 saturated heterocycles. The van der Waals surface area contributed by atoms with Gasteiger partial charge in [-0.15, -0.1) is 0 Å². The van der Waals surface area contributed by atoms with Crippen LogP contribution in [0.3, 0.4) is 0 Å².